The third-order valence-corrected chi connectivity index (χ3v) is 4.99. The third kappa shape index (κ3) is 4.23. The number of hydrogen-bond acceptors (Lipinski definition) is 4. The molecule has 2 amide bonds. The van der Waals surface area contributed by atoms with Crippen LogP contribution in [0.3, 0.4) is 0 Å². The van der Waals surface area contributed by atoms with Crippen molar-refractivity contribution in [1.82, 2.24) is 4.90 Å². The maximum Gasteiger partial charge on any atom is 0.278 e. The maximum absolute atomic E-state index is 13.7. The van der Waals surface area contributed by atoms with Crippen LogP contribution in [-0.4, -0.2) is 23.3 Å². The lowest BCUT2D eigenvalue weighted by molar-refractivity contribution is -0.137. The van der Waals surface area contributed by atoms with Gasteiger partial charge in [-0.2, -0.15) is 0 Å². The van der Waals surface area contributed by atoms with Crippen molar-refractivity contribution in [2.75, 3.05) is 11.9 Å². The van der Waals surface area contributed by atoms with E-state index in [4.69, 9.17) is 4.74 Å². The van der Waals surface area contributed by atoms with E-state index in [1.54, 1.807) is 24.3 Å². The predicted octanol–water partition coefficient (Wildman–Crippen LogP) is 4.76. The molecule has 0 radical (unpaired) electrons. The molecule has 0 aliphatic carbocycles. The summed E-state index contributed by atoms with van der Waals surface area (Å²) in [6, 6.07) is 19.1. The number of carbonyl (C=O) groups excluding carboxylic acids is 2. The van der Waals surface area contributed by atoms with Crippen LogP contribution in [0.5, 0.6) is 5.75 Å². The van der Waals surface area contributed by atoms with Gasteiger partial charge in [-0.15, -0.1) is 0 Å². The molecule has 0 spiro atoms. The number of anilines is 1. The number of carbonyl (C=O) groups is 2. The van der Waals surface area contributed by atoms with Crippen molar-refractivity contribution in [1.29, 1.82) is 0 Å². The Balaban J connectivity index is 1.73. The van der Waals surface area contributed by atoms with Gasteiger partial charge in [0.15, 0.2) is 11.6 Å². The standard InChI is InChI=1S/C25H20F2N2O3/c1-2-32-19-11-8-17(9-12-19)22-23(28-18-10-13-20(26)21(27)14-18)25(31)29(24(22)30)15-16-6-4-3-5-7-16/h3-14,28H,2,15H2,1H3. The highest BCUT2D eigenvalue weighted by atomic mass is 19.2. The van der Waals surface area contributed by atoms with Crippen molar-refractivity contribution in [2.45, 2.75) is 13.5 Å². The molecular weight excluding hydrogens is 414 g/mol. The molecule has 32 heavy (non-hydrogen) atoms. The monoisotopic (exact) mass is 434 g/mol. The SMILES string of the molecule is CCOc1ccc(C2=C(Nc3ccc(F)c(F)c3)C(=O)N(Cc3ccccc3)C2=O)cc1. The molecule has 0 atom stereocenters. The minimum atomic E-state index is -1.06. The second-order valence-corrected chi connectivity index (χ2v) is 7.14. The Hall–Kier alpha value is -4.00. The number of amides is 2. The van der Waals surface area contributed by atoms with Crippen LogP contribution in [0, 0.1) is 11.6 Å². The molecule has 0 unspecified atom stereocenters. The van der Waals surface area contributed by atoms with Gasteiger partial charge in [-0.3, -0.25) is 14.5 Å². The second-order valence-electron chi connectivity index (χ2n) is 7.14. The molecule has 4 rings (SSSR count). The first-order chi connectivity index (χ1) is 15.5. The Morgan fingerprint density at radius 1 is 0.875 bits per heavy atom. The summed E-state index contributed by atoms with van der Waals surface area (Å²) in [5.41, 5.74) is 1.60. The summed E-state index contributed by atoms with van der Waals surface area (Å²) in [4.78, 5) is 27.6. The fraction of sp³-hybridized carbons (Fsp3) is 0.120. The Kier molecular flexibility index (Phi) is 5.98. The number of ether oxygens (including phenoxy) is 1. The van der Waals surface area contributed by atoms with Crippen LogP contribution in [0.2, 0.25) is 0 Å². The highest BCUT2D eigenvalue weighted by molar-refractivity contribution is 6.36. The van der Waals surface area contributed by atoms with Crippen molar-refractivity contribution in [3.05, 3.63) is 101 Å². The average Bonchev–Trinajstić information content (AvgIpc) is 3.02. The fourth-order valence-corrected chi connectivity index (χ4v) is 3.47. The summed E-state index contributed by atoms with van der Waals surface area (Å²) in [5.74, 6) is -2.46. The number of benzene rings is 3. The second kappa shape index (κ2) is 9.01. The van der Waals surface area contributed by atoms with Crippen LogP contribution in [0.4, 0.5) is 14.5 Å². The van der Waals surface area contributed by atoms with Crippen LogP contribution in [0.15, 0.2) is 78.5 Å². The highest BCUT2D eigenvalue weighted by Crippen LogP contribution is 2.32. The van der Waals surface area contributed by atoms with Gasteiger partial charge in [-0.05, 0) is 42.3 Å². The van der Waals surface area contributed by atoms with Crippen LogP contribution >= 0.6 is 0 Å². The van der Waals surface area contributed by atoms with Gasteiger partial charge >= 0.3 is 0 Å². The molecule has 1 N–H and O–H groups in total. The summed E-state index contributed by atoms with van der Waals surface area (Å²) >= 11 is 0. The smallest absolute Gasteiger partial charge is 0.278 e. The molecule has 0 bridgehead atoms. The predicted molar refractivity (Wildman–Crippen MR) is 117 cm³/mol. The van der Waals surface area contributed by atoms with Gasteiger partial charge < -0.3 is 10.1 Å². The average molecular weight is 434 g/mol. The lowest BCUT2D eigenvalue weighted by Crippen LogP contribution is -2.32. The van der Waals surface area contributed by atoms with Crippen LogP contribution in [-0.2, 0) is 16.1 Å². The van der Waals surface area contributed by atoms with Crippen molar-refractivity contribution in [3.63, 3.8) is 0 Å². The van der Waals surface area contributed by atoms with E-state index in [1.807, 2.05) is 37.3 Å². The van der Waals surface area contributed by atoms with E-state index in [9.17, 15) is 18.4 Å². The molecule has 3 aromatic carbocycles. The Labute approximate surface area is 183 Å². The molecule has 0 saturated heterocycles. The minimum Gasteiger partial charge on any atom is -0.494 e. The number of halogens is 2. The number of rotatable bonds is 7. The maximum atomic E-state index is 13.7. The van der Waals surface area contributed by atoms with E-state index in [2.05, 4.69) is 5.32 Å². The quantitative estimate of drug-likeness (QED) is 0.545. The first kappa shape index (κ1) is 21.2. The van der Waals surface area contributed by atoms with Gasteiger partial charge in [0.25, 0.3) is 11.8 Å². The summed E-state index contributed by atoms with van der Waals surface area (Å²) in [5, 5.41) is 2.82. The van der Waals surface area contributed by atoms with Crippen molar-refractivity contribution >= 4 is 23.1 Å². The lowest BCUT2D eigenvalue weighted by atomic mass is 10.0. The molecule has 5 nitrogen and oxygen atoms in total. The van der Waals surface area contributed by atoms with Gasteiger partial charge in [0.2, 0.25) is 0 Å². The molecule has 7 heteroatoms. The van der Waals surface area contributed by atoms with E-state index in [0.717, 1.165) is 22.6 Å². The first-order valence-electron chi connectivity index (χ1n) is 10.1. The Bertz CT molecular complexity index is 1190. The first-order valence-corrected chi connectivity index (χ1v) is 10.1. The van der Waals surface area contributed by atoms with E-state index < -0.39 is 23.4 Å². The zero-order valence-corrected chi connectivity index (χ0v) is 17.3. The molecule has 0 saturated carbocycles. The minimum absolute atomic E-state index is 0.00102. The van der Waals surface area contributed by atoms with Crippen molar-refractivity contribution < 1.29 is 23.1 Å². The van der Waals surface area contributed by atoms with Gasteiger partial charge in [0.05, 0.1) is 18.7 Å². The molecular formula is C25H20F2N2O3. The van der Waals surface area contributed by atoms with Crippen molar-refractivity contribution in [2.24, 2.45) is 0 Å². The number of imide groups is 1. The largest absolute Gasteiger partial charge is 0.494 e. The summed E-state index contributed by atoms with van der Waals surface area (Å²) in [6.45, 7) is 2.44. The molecule has 0 fully saturated rings. The Morgan fingerprint density at radius 2 is 1.59 bits per heavy atom. The zero-order chi connectivity index (χ0) is 22.7. The number of hydrogen-bond donors (Lipinski definition) is 1. The lowest BCUT2D eigenvalue weighted by Gasteiger charge is -2.15. The topological polar surface area (TPSA) is 58.6 Å². The number of nitrogens with one attached hydrogen (secondary N) is 1. The summed E-state index contributed by atoms with van der Waals surface area (Å²) in [7, 11) is 0. The summed E-state index contributed by atoms with van der Waals surface area (Å²) < 4.78 is 32.5. The Morgan fingerprint density at radius 3 is 2.25 bits per heavy atom. The van der Waals surface area contributed by atoms with E-state index in [0.29, 0.717) is 17.9 Å². The van der Waals surface area contributed by atoms with E-state index >= 15 is 0 Å². The fourth-order valence-electron chi connectivity index (χ4n) is 3.47. The highest BCUT2D eigenvalue weighted by Gasteiger charge is 2.39. The molecule has 1 aliphatic heterocycles. The van der Waals surface area contributed by atoms with Gasteiger partial charge in [-0.25, -0.2) is 8.78 Å². The summed E-state index contributed by atoms with van der Waals surface area (Å²) in [6.07, 6.45) is 0. The van der Waals surface area contributed by atoms with Gasteiger partial charge in [-0.1, -0.05) is 42.5 Å². The van der Waals surface area contributed by atoms with Gasteiger partial charge in [0.1, 0.15) is 11.4 Å². The molecule has 0 aromatic heterocycles. The van der Waals surface area contributed by atoms with Crippen LogP contribution in [0.25, 0.3) is 5.57 Å². The van der Waals surface area contributed by atoms with E-state index in [-0.39, 0.29) is 23.5 Å². The number of nitrogens with zero attached hydrogens (tertiary/aromatic N) is 1. The van der Waals surface area contributed by atoms with Crippen molar-refractivity contribution in [3.8, 4) is 5.75 Å². The molecule has 3 aromatic rings. The van der Waals surface area contributed by atoms with Gasteiger partial charge in [0, 0.05) is 11.8 Å². The zero-order valence-electron chi connectivity index (χ0n) is 17.3. The van der Waals surface area contributed by atoms with Crippen LogP contribution < -0.4 is 10.1 Å². The molecule has 1 aliphatic rings. The molecule has 1 heterocycles. The molecule has 162 valence electrons. The van der Waals surface area contributed by atoms with Crippen LogP contribution in [0.1, 0.15) is 18.1 Å². The third-order valence-electron chi connectivity index (χ3n) is 4.99. The normalized spacial score (nSPS) is 13.7. The van der Waals surface area contributed by atoms with E-state index in [1.165, 1.54) is 6.07 Å².